The first kappa shape index (κ1) is 16.7. The van der Waals surface area contributed by atoms with Crippen LogP contribution in [0.5, 0.6) is 0 Å². The van der Waals surface area contributed by atoms with Gasteiger partial charge in [0.2, 0.25) is 11.8 Å². The van der Waals surface area contributed by atoms with E-state index >= 15 is 0 Å². The van der Waals surface area contributed by atoms with E-state index in [0.717, 1.165) is 22.5 Å². The van der Waals surface area contributed by atoms with E-state index < -0.39 is 0 Å². The molecule has 0 radical (unpaired) electrons. The molecule has 0 aliphatic carbocycles. The topological polar surface area (TPSA) is 40.6 Å². The van der Waals surface area contributed by atoms with Gasteiger partial charge in [-0.3, -0.25) is 9.59 Å². The van der Waals surface area contributed by atoms with Gasteiger partial charge < -0.3 is 9.80 Å². The monoisotopic (exact) mass is 310 g/mol. The van der Waals surface area contributed by atoms with E-state index in [1.54, 1.807) is 11.9 Å². The van der Waals surface area contributed by atoms with Gasteiger partial charge in [0.1, 0.15) is 6.54 Å². The van der Waals surface area contributed by atoms with Crippen LogP contribution in [0.4, 0.5) is 11.4 Å². The van der Waals surface area contributed by atoms with Crippen LogP contribution in [-0.4, -0.2) is 25.4 Å². The lowest BCUT2D eigenvalue weighted by Crippen LogP contribution is -2.41. The molecular formula is C19H22N2O2. The Balaban J connectivity index is 2.25. The number of benzene rings is 2. The van der Waals surface area contributed by atoms with Crippen molar-refractivity contribution in [1.82, 2.24) is 0 Å². The summed E-state index contributed by atoms with van der Waals surface area (Å²) < 4.78 is 0. The molecule has 23 heavy (non-hydrogen) atoms. The number of para-hydroxylation sites is 1. The summed E-state index contributed by atoms with van der Waals surface area (Å²) in [5, 5.41) is 0. The number of hydrogen-bond acceptors (Lipinski definition) is 2. The Morgan fingerprint density at radius 1 is 0.957 bits per heavy atom. The summed E-state index contributed by atoms with van der Waals surface area (Å²) >= 11 is 0. The molecular weight excluding hydrogens is 288 g/mol. The van der Waals surface area contributed by atoms with Crippen molar-refractivity contribution in [3.05, 3.63) is 59.7 Å². The van der Waals surface area contributed by atoms with Crippen molar-refractivity contribution in [3.8, 4) is 0 Å². The standard InChI is InChI=1S/C19H22N2O2/c1-14-9-8-12-18(15(14)2)21(16(3)22)13-19(23)20(4)17-10-6-5-7-11-17/h5-12H,13H2,1-4H3. The fourth-order valence-corrected chi connectivity index (χ4v) is 2.43. The Kier molecular flexibility index (Phi) is 5.16. The number of anilines is 2. The lowest BCUT2D eigenvalue weighted by Gasteiger charge is -2.26. The van der Waals surface area contributed by atoms with E-state index in [1.807, 2.05) is 62.4 Å². The molecule has 2 rings (SSSR count). The van der Waals surface area contributed by atoms with Gasteiger partial charge in [0.05, 0.1) is 0 Å². The first-order valence-corrected chi connectivity index (χ1v) is 7.57. The molecule has 0 saturated heterocycles. The average molecular weight is 310 g/mol. The smallest absolute Gasteiger partial charge is 0.246 e. The number of rotatable bonds is 4. The van der Waals surface area contributed by atoms with E-state index in [0.29, 0.717) is 0 Å². The molecule has 4 heteroatoms. The maximum Gasteiger partial charge on any atom is 0.246 e. The van der Waals surface area contributed by atoms with Crippen LogP contribution >= 0.6 is 0 Å². The largest absolute Gasteiger partial charge is 0.314 e. The summed E-state index contributed by atoms with van der Waals surface area (Å²) in [5.74, 6) is -0.277. The van der Waals surface area contributed by atoms with E-state index in [2.05, 4.69) is 0 Å². The molecule has 0 unspecified atom stereocenters. The first-order chi connectivity index (χ1) is 10.9. The van der Waals surface area contributed by atoms with Gasteiger partial charge in [-0.15, -0.1) is 0 Å². The van der Waals surface area contributed by atoms with Crippen molar-refractivity contribution in [2.24, 2.45) is 0 Å². The van der Waals surface area contributed by atoms with Crippen LogP contribution in [-0.2, 0) is 9.59 Å². The zero-order valence-corrected chi connectivity index (χ0v) is 14.0. The number of amides is 2. The molecule has 0 spiro atoms. The van der Waals surface area contributed by atoms with Gasteiger partial charge in [-0.2, -0.15) is 0 Å². The second-order valence-corrected chi connectivity index (χ2v) is 5.61. The summed E-state index contributed by atoms with van der Waals surface area (Å²) in [6, 6.07) is 15.2. The lowest BCUT2D eigenvalue weighted by atomic mass is 10.1. The molecule has 120 valence electrons. The van der Waals surface area contributed by atoms with Gasteiger partial charge in [-0.25, -0.2) is 0 Å². The summed E-state index contributed by atoms with van der Waals surface area (Å²) in [5.41, 5.74) is 3.70. The molecule has 2 amide bonds. The van der Waals surface area contributed by atoms with Crippen molar-refractivity contribution >= 4 is 23.2 Å². The van der Waals surface area contributed by atoms with Gasteiger partial charge >= 0.3 is 0 Å². The SMILES string of the molecule is CC(=O)N(CC(=O)N(C)c1ccccc1)c1cccc(C)c1C. The minimum atomic E-state index is -0.145. The van der Waals surface area contributed by atoms with Crippen molar-refractivity contribution in [1.29, 1.82) is 0 Å². The van der Waals surface area contributed by atoms with Gasteiger partial charge in [-0.1, -0.05) is 30.3 Å². The molecule has 0 heterocycles. The number of carbonyl (C=O) groups excluding carboxylic acids is 2. The fraction of sp³-hybridized carbons (Fsp3) is 0.263. The Hall–Kier alpha value is -2.62. The van der Waals surface area contributed by atoms with Gasteiger partial charge in [-0.05, 0) is 43.2 Å². The summed E-state index contributed by atoms with van der Waals surface area (Å²) in [6.45, 7) is 5.46. The third-order valence-electron chi connectivity index (χ3n) is 4.06. The second kappa shape index (κ2) is 7.09. The van der Waals surface area contributed by atoms with Crippen molar-refractivity contribution in [2.75, 3.05) is 23.4 Å². The number of likely N-dealkylation sites (N-methyl/N-ethyl adjacent to an activating group) is 1. The second-order valence-electron chi connectivity index (χ2n) is 5.61. The van der Waals surface area contributed by atoms with Crippen molar-refractivity contribution in [3.63, 3.8) is 0 Å². The van der Waals surface area contributed by atoms with Crippen LogP contribution in [0.2, 0.25) is 0 Å². The quantitative estimate of drug-likeness (QED) is 0.869. The number of aryl methyl sites for hydroxylation is 1. The van der Waals surface area contributed by atoms with Crippen LogP contribution in [0.25, 0.3) is 0 Å². The Labute approximate surface area is 137 Å². The van der Waals surface area contributed by atoms with Gasteiger partial charge in [0.25, 0.3) is 0 Å². The highest BCUT2D eigenvalue weighted by atomic mass is 16.2. The molecule has 2 aromatic rings. The van der Waals surface area contributed by atoms with E-state index in [9.17, 15) is 9.59 Å². The van der Waals surface area contributed by atoms with Gasteiger partial charge in [0, 0.05) is 25.3 Å². The lowest BCUT2D eigenvalue weighted by molar-refractivity contribution is -0.121. The Morgan fingerprint density at radius 3 is 2.22 bits per heavy atom. The molecule has 0 fully saturated rings. The predicted octanol–water partition coefficient (Wildman–Crippen LogP) is 3.32. The van der Waals surface area contributed by atoms with Crippen molar-refractivity contribution < 1.29 is 9.59 Å². The number of nitrogens with zero attached hydrogens (tertiary/aromatic N) is 2. The van der Waals surface area contributed by atoms with E-state index in [-0.39, 0.29) is 18.4 Å². The molecule has 2 aromatic carbocycles. The normalized spacial score (nSPS) is 10.3. The Morgan fingerprint density at radius 2 is 1.61 bits per heavy atom. The molecule has 0 saturated carbocycles. The van der Waals surface area contributed by atoms with Crippen molar-refractivity contribution in [2.45, 2.75) is 20.8 Å². The molecule has 0 atom stereocenters. The number of hydrogen-bond donors (Lipinski definition) is 0. The van der Waals surface area contributed by atoms with E-state index in [4.69, 9.17) is 0 Å². The molecule has 0 aliphatic rings. The van der Waals surface area contributed by atoms with Crippen LogP contribution in [0.1, 0.15) is 18.1 Å². The van der Waals surface area contributed by atoms with Crippen LogP contribution < -0.4 is 9.80 Å². The first-order valence-electron chi connectivity index (χ1n) is 7.57. The summed E-state index contributed by atoms with van der Waals surface area (Å²) in [7, 11) is 1.72. The van der Waals surface area contributed by atoms with Crippen LogP contribution in [0.3, 0.4) is 0 Å². The summed E-state index contributed by atoms with van der Waals surface area (Å²) in [6.07, 6.45) is 0. The Bertz CT molecular complexity index is 711. The highest BCUT2D eigenvalue weighted by Gasteiger charge is 2.20. The minimum absolute atomic E-state index is 0.0189. The highest BCUT2D eigenvalue weighted by molar-refractivity contribution is 6.03. The fourth-order valence-electron chi connectivity index (χ4n) is 2.43. The molecule has 0 aliphatic heterocycles. The van der Waals surface area contributed by atoms with Crippen LogP contribution in [0, 0.1) is 13.8 Å². The predicted molar refractivity (Wildman–Crippen MR) is 93.8 cm³/mol. The summed E-state index contributed by atoms with van der Waals surface area (Å²) in [4.78, 5) is 27.7. The van der Waals surface area contributed by atoms with E-state index in [1.165, 1.54) is 11.8 Å². The zero-order chi connectivity index (χ0) is 17.0. The maximum atomic E-state index is 12.6. The zero-order valence-electron chi connectivity index (χ0n) is 14.0. The van der Waals surface area contributed by atoms with Gasteiger partial charge in [0.15, 0.2) is 0 Å². The molecule has 0 aromatic heterocycles. The maximum absolute atomic E-state index is 12.6. The minimum Gasteiger partial charge on any atom is -0.314 e. The third kappa shape index (κ3) is 3.77. The molecule has 0 N–H and O–H groups in total. The molecule has 4 nitrogen and oxygen atoms in total. The highest BCUT2D eigenvalue weighted by Crippen LogP contribution is 2.23. The molecule has 0 bridgehead atoms. The average Bonchev–Trinajstić information content (AvgIpc) is 2.55. The van der Waals surface area contributed by atoms with Crippen LogP contribution in [0.15, 0.2) is 48.5 Å². The number of carbonyl (C=O) groups is 2. The third-order valence-corrected chi connectivity index (χ3v) is 4.06.